The number of fused-ring (bicyclic) bond motifs is 1. The fourth-order valence-electron chi connectivity index (χ4n) is 4.85. The highest BCUT2D eigenvalue weighted by molar-refractivity contribution is 5.89. The predicted molar refractivity (Wildman–Crippen MR) is 159 cm³/mol. The molecular formula is C35H47N. The summed E-state index contributed by atoms with van der Waals surface area (Å²) in [6, 6.07) is 4.81. The topological polar surface area (TPSA) is 26.0 Å². The molecule has 0 atom stereocenters. The van der Waals surface area contributed by atoms with E-state index in [0.717, 1.165) is 24.0 Å². The van der Waals surface area contributed by atoms with E-state index >= 15 is 0 Å². The second-order valence-corrected chi connectivity index (χ2v) is 13.7. The monoisotopic (exact) mass is 489 g/mol. The summed E-state index contributed by atoms with van der Waals surface area (Å²) in [5.41, 5.74) is 7.43. The minimum absolute atomic E-state index is 0.0588. The fraction of sp³-hybridized carbons (Fsp3) is 0.486. The molecule has 36 heavy (non-hydrogen) atoms. The summed E-state index contributed by atoms with van der Waals surface area (Å²) in [5, 5.41) is 0. The highest BCUT2D eigenvalue weighted by atomic mass is 14.6. The normalized spacial score (nSPS) is 20.6. The number of benzene rings is 3. The molecule has 4 rings (SSSR count). The maximum Gasteiger partial charge on any atom is 0.0632 e. The summed E-state index contributed by atoms with van der Waals surface area (Å²) in [4.78, 5) is 0. The van der Waals surface area contributed by atoms with E-state index in [1.54, 1.807) is 39.0 Å². The molecule has 0 saturated carbocycles. The lowest BCUT2D eigenvalue weighted by Crippen LogP contribution is -2.33. The number of nitrogen functional groups attached to an aromatic ring is 1. The number of anilines is 1. The molecule has 3 aromatic rings. The van der Waals surface area contributed by atoms with Crippen molar-refractivity contribution in [2.75, 3.05) is 5.73 Å². The van der Waals surface area contributed by atoms with Crippen molar-refractivity contribution in [3.8, 4) is 22.3 Å². The van der Waals surface area contributed by atoms with Gasteiger partial charge in [-0.25, -0.2) is 0 Å². The van der Waals surface area contributed by atoms with Crippen LogP contribution in [-0.4, -0.2) is 0 Å². The van der Waals surface area contributed by atoms with E-state index in [4.69, 9.17) is 12.6 Å². The van der Waals surface area contributed by atoms with Crippen molar-refractivity contribution in [2.24, 2.45) is 5.41 Å². The molecular weight excluding hydrogens is 434 g/mol. The molecule has 1 aliphatic rings. The van der Waals surface area contributed by atoms with E-state index < -0.39 is 17.2 Å². The molecule has 0 aromatic heterocycles. The average molecular weight is 490 g/mol. The molecule has 0 radical (unpaired) electrons. The first kappa shape index (κ1) is 17.8. The minimum Gasteiger partial charge on any atom is -0.398 e. The Morgan fingerprint density at radius 3 is 1.97 bits per heavy atom. The van der Waals surface area contributed by atoms with Gasteiger partial charge in [0, 0.05) is 19.6 Å². The van der Waals surface area contributed by atoms with Crippen LogP contribution in [0.4, 0.5) is 5.69 Å². The Hall–Kier alpha value is -2.54. The number of hydrogen-bond donors (Lipinski definition) is 1. The Morgan fingerprint density at radius 1 is 0.806 bits per heavy atom. The lowest BCUT2D eigenvalue weighted by atomic mass is 9.63. The second kappa shape index (κ2) is 8.79. The van der Waals surface area contributed by atoms with Crippen LogP contribution in [0.5, 0.6) is 0 Å². The third-order valence-corrected chi connectivity index (χ3v) is 7.19. The van der Waals surface area contributed by atoms with Gasteiger partial charge in [0.25, 0.3) is 0 Å². The standard InChI is InChI=1S/C35H47N/c1-32(2,3)22-23-18-25(20-26(19-23)33(4,5)6)28-13-11-12-27(31(28)36)24-14-15-29-30(21-24)35(9,10)17-16-34(29,7)8/h11-15,18-21H,16-17,22,36H2,1-10H3/i14D,15D,18D,19D,20D,21D,22D2. The molecule has 0 unspecified atom stereocenters. The third kappa shape index (κ3) is 5.26. The zero-order valence-electron chi connectivity index (χ0n) is 31.7. The maximum absolute atomic E-state index is 9.41. The predicted octanol–water partition coefficient (Wildman–Crippen LogP) is 9.84. The first-order valence-electron chi connectivity index (χ1n) is 17.0. The molecule has 192 valence electrons. The van der Waals surface area contributed by atoms with Crippen molar-refractivity contribution in [3.63, 3.8) is 0 Å². The van der Waals surface area contributed by atoms with Crippen LogP contribution < -0.4 is 5.73 Å². The van der Waals surface area contributed by atoms with Crippen molar-refractivity contribution in [1.29, 1.82) is 0 Å². The van der Waals surface area contributed by atoms with Crippen molar-refractivity contribution < 1.29 is 11.0 Å². The molecule has 0 amide bonds. The molecule has 0 aliphatic heterocycles. The van der Waals surface area contributed by atoms with E-state index in [0.29, 0.717) is 16.7 Å². The van der Waals surface area contributed by atoms with Crippen molar-refractivity contribution in [1.82, 2.24) is 0 Å². The van der Waals surface area contributed by atoms with Gasteiger partial charge >= 0.3 is 0 Å². The smallest absolute Gasteiger partial charge is 0.0632 e. The van der Waals surface area contributed by atoms with Crippen LogP contribution in [0.3, 0.4) is 0 Å². The van der Waals surface area contributed by atoms with E-state index in [1.165, 1.54) is 0 Å². The molecule has 0 bridgehead atoms. The van der Waals surface area contributed by atoms with Crippen LogP contribution in [0.2, 0.25) is 0 Å². The van der Waals surface area contributed by atoms with Gasteiger partial charge in [0.05, 0.1) is 8.22 Å². The van der Waals surface area contributed by atoms with Crippen molar-refractivity contribution in [2.45, 2.75) is 105 Å². The minimum atomic E-state index is -2.07. The van der Waals surface area contributed by atoms with Crippen LogP contribution in [0.1, 0.15) is 115 Å². The Morgan fingerprint density at radius 2 is 1.39 bits per heavy atom. The lowest BCUT2D eigenvalue weighted by Gasteiger charge is -2.42. The Labute approximate surface area is 231 Å². The molecule has 1 nitrogen and oxygen atoms in total. The van der Waals surface area contributed by atoms with Crippen molar-refractivity contribution in [3.05, 3.63) is 76.7 Å². The Balaban J connectivity index is 2.15. The molecule has 0 saturated heterocycles. The lowest BCUT2D eigenvalue weighted by molar-refractivity contribution is 0.332. The van der Waals surface area contributed by atoms with Crippen molar-refractivity contribution >= 4 is 5.69 Å². The average Bonchev–Trinajstić information content (AvgIpc) is 2.84. The zero-order valence-corrected chi connectivity index (χ0v) is 23.7. The van der Waals surface area contributed by atoms with Gasteiger partial charge in [-0.3, -0.25) is 0 Å². The summed E-state index contributed by atoms with van der Waals surface area (Å²) < 4.78 is 73.3. The van der Waals surface area contributed by atoms with Gasteiger partial charge < -0.3 is 5.73 Å². The van der Waals surface area contributed by atoms with Crippen LogP contribution in [0.15, 0.2) is 54.5 Å². The molecule has 1 aliphatic carbocycles. The molecule has 2 N–H and O–H groups in total. The summed E-state index contributed by atoms with van der Waals surface area (Å²) in [7, 11) is 0. The third-order valence-electron chi connectivity index (χ3n) is 7.19. The summed E-state index contributed by atoms with van der Waals surface area (Å²) in [5.74, 6) is 0. The number of para-hydroxylation sites is 1. The largest absolute Gasteiger partial charge is 0.398 e. The summed E-state index contributed by atoms with van der Waals surface area (Å²) in [6.45, 7) is 19.1. The molecule has 0 heterocycles. The van der Waals surface area contributed by atoms with Gasteiger partial charge in [-0.15, -0.1) is 0 Å². The number of rotatable bonds is 3. The molecule has 3 aromatic carbocycles. The van der Waals surface area contributed by atoms with Gasteiger partial charge in [-0.05, 0) is 74.3 Å². The second-order valence-electron chi connectivity index (χ2n) is 13.7. The first-order chi connectivity index (χ1) is 19.8. The van der Waals surface area contributed by atoms with Gasteiger partial charge in [0.1, 0.15) is 0 Å². The SMILES string of the molecule is [2H]c1c([2H])c2c(c([2H])c1-c1cccc(-c3c([2H])c(C(C)(C)C)c([2H])c(C([2H])([2H])C(C)(C)C)c3[2H])c1N)C(C)(C)CCC2(C)C. The first-order valence-corrected chi connectivity index (χ1v) is 13.0. The fourth-order valence-corrected chi connectivity index (χ4v) is 4.85. The molecule has 0 fully saturated rings. The van der Waals surface area contributed by atoms with E-state index in [-0.39, 0.29) is 69.5 Å². The Bertz CT molecular complexity index is 1670. The molecule has 0 spiro atoms. The van der Waals surface area contributed by atoms with Crippen LogP contribution >= 0.6 is 0 Å². The maximum atomic E-state index is 9.41. The van der Waals surface area contributed by atoms with Crippen LogP contribution in [0, 0.1) is 5.41 Å². The zero-order chi connectivity index (χ0) is 33.7. The van der Waals surface area contributed by atoms with E-state index in [9.17, 15) is 4.11 Å². The highest BCUT2D eigenvalue weighted by Gasteiger charge is 2.37. The van der Waals surface area contributed by atoms with E-state index in [2.05, 4.69) is 27.7 Å². The summed E-state index contributed by atoms with van der Waals surface area (Å²) in [6.07, 6.45) is -0.391. The van der Waals surface area contributed by atoms with Crippen LogP contribution in [-0.2, 0) is 22.6 Å². The van der Waals surface area contributed by atoms with Gasteiger partial charge in [0.15, 0.2) is 0 Å². The van der Waals surface area contributed by atoms with Gasteiger partial charge in [-0.1, -0.05) is 124 Å². The van der Waals surface area contributed by atoms with Crippen LogP contribution in [0.25, 0.3) is 22.3 Å². The van der Waals surface area contributed by atoms with Gasteiger partial charge in [0.2, 0.25) is 0 Å². The van der Waals surface area contributed by atoms with Gasteiger partial charge in [-0.2, -0.15) is 0 Å². The Kier molecular flexibility index (Phi) is 4.35. The number of hydrogen-bond acceptors (Lipinski definition) is 1. The van der Waals surface area contributed by atoms with E-state index in [1.807, 2.05) is 20.8 Å². The highest BCUT2D eigenvalue weighted by Crippen LogP contribution is 2.47. The number of nitrogens with two attached hydrogens (primary N) is 1. The quantitative estimate of drug-likeness (QED) is 0.364. The summed E-state index contributed by atoms with van der Waals surface area (Å²) >= 11 is 0. The molecule has 1 heteroatoms.